The van der Waals surface area contributed by atoms with Gasteiger partial charge in [-0.3, -0.25) is 14.9 Å². The lowest BCUT2D eigenvalue weighted by molar-refractivity contribution is 0.626. The summed E-state index contributed by atoms with van der Waals surface area (Å²) in [6, 6.07) is 11.9. The Morgan fingerprint density at radius 2 is 1.63 bits per heavy atom. The van der Waals surface area contributed by atoms with Crippen molar-refractivity contribution in [1.29, 1.82) is 0 Å². The zero-order valence-corrected chi connectivity index (χ0v) is 15.3. The van der Waals surface area contributed by atoms with Gasteiger partial charge in [0, 0.05) is 11.4 Å². The summed E-state index contributed by atoms with van der Waals surface area (Å²) in [6.07, 6.45) is 1.56. The summed E-state index contributed by atoms with van der Waals surface area (Å²) in [5, 5.41) is 3.12. The molecule has 0 bridgehead atoms. The summed E-state index contributed by atoms with van der Waals surface area (Å²) in [4.78, 5) is 17.5. The van der Waals surface area contributed by atoms with Gasteiger partial charge in [-0.15, -0.1) is 0 Å². The molecule has 1 aromatic heterocycles. The van der Waals surface area contributed by atoms with E-state index in [1.165, 1.54) is 28.9 Å². The first-order valence-corrected chi connectivity index (χ1v) is 8.85. The average Bonchev–Trinajstić information content (AvgIpc) is 2.98. The van der Waals surface area contributed by atoms with Crippen LogP contribution < -0.4 is 5.56 Å². The molecule has 0 aliphatic heterocycles. The maximum Gasteiger partial charge on any atom is 0.280 e. The zero-order valence-electron chi connectivity index (χ0n) is 15.3. The fourth-order valence-electron chi connectivity index (χ4n) is 2.94. The Morgan fingerprint density at radius 3 is 2.22 bits per heavy atom. The lowest BCUT2D eigenvalue weighted by Crippen LogP contribution is -2.20. The second-order valence-corrected chi connectivity index (χ2v) is 6.36. The molecule has 0 saturated carbocycles. The summed E-state index contributed by atoms with van der Waals surface area (Å²) in [7, 11) is 0. The number of H-pyrrole nitrogens is 1. The zero-order chi connectivity index (χ0) is 19.4. The number of nitrogens with zero attached hydrogens (tertiary/aromatic N) is 2. The Hall–Kier alpha value is -3.02. The first kappa shape index (κ1) is 18.8. The molecule has 3 rings (SSSR count). The van der Waals surface area contributed by atoms with Gasteiger partial charge in [-0.25, -0.2) is 13.5 Å². The SMILES string of the molecule is CCCc1[nH]n(-c2ccc(F)cc2)c(=O)c1C(C)=NCc1ccc(F)cc1. The Balaban J connectivity index is 1.97. The van der Waals surface area contributed by atoms with Crippen molar-refractivity contribution in [2.24, 2.45) is 4.99 Å². The van der Waals surface area contributed by atoms with Crippen molar-refractivity contribution in [2.75, 3.05) is 0 Å². The molecule has 3 aromatic rings. The van der Waals surface area contributed by atoms with E-state index in [0.29, 0.717) is 29.9 Å². The highest BCUT2D eigenvalue weighted by molar-refractivity contribution is 5.99. The van der Waals surface area contributed by atoms with Gasteiger partial charge in [-0.05, 0) is 55.3 Å². The van der Waals surface area contributed by atoms with Crippen molar-refractivity contribution >= 4 is 5.71 Å². The van der Waals surface area contributed by atoms with Gasteiger partial charge in [-0.2, -0.15) is 0 Å². The van der Waals surface area contributed by atoms with Crippen molar-refractivity contribution in [3.05, 3.63) is 87.3 Å². The lowest BCUT2D eigenvalue weighted by atomic mass is 10.1. The van der Waals surface area contributed by atoms with Crippen LogP contribution >= 0.6 is 0 Å². The maximum absolute atomic E-state index is 13.2. The molecule has 0 aliphatic rings. The molecule has 4 nitrogen and oxygen atoms in total. The lowest BCUT2D eigenvalue weighted by Gasteiger charge is -2.02. The number of aromatic nitrogens is 2. The molecule has 27 heavy (non-hydrogen) atoms. The third-order valence-corrected chi connectivity index (χ3v) is 4.32. The number of hydrogen-bond donors (Lipinski definition) is 1. The number of nitrogens with one attached hydrogen (secondary N) is 1. The third-order valence-electron chi connectivity index (χ3n) is 4.32. The Kier molecular flexibility index (Phi) is 5.64. The van der Waals surface area contributed by atoms with Crippen LogP contribution in [0.25, 0.3) is 5.69 Å². The molecule has 140 valence electrons. The van der Waals surface area contributed by atoms with Crippen LogP contribution in [0.2, 0.25) is 0 Å². The van der Waals surface area contributed by atoms with Crippen molar-refractivity contribution < 1.29 is 8.78 Å². The largest absolute Gasteiger partial charge is 0.294 e. The van der Waals surface area contributed by atoms with Gasteiger partial charge in [0.15, 0.2) is 0 Å². The molecule has 1 N–H and O–H groups in total. The van der Waals surface area contributed by atoms with Crippen molar-refractivity contribution in [3.63, 3.8) is 0 Å². The van der Waals surface area contributed by atoms with Crippen LogP contribution in [0.5, 0.6) is 0 Å². The van der Waals surface area contributed by atoms with Gasteiger partial charge in [0.05, 0.1) is 17.8 Å². The smallest absolute Gasteiger partial charge is 0.280 e. The van der Waals surface area contributed by atoms with Crippen LogP contribution in [0.1, 0.15) is 37.1 Å². The minimum atomic E-state index is -0.357. The van der Waals surface area contributed by atoms with E-state index in [0.717, 1.165) is 17.7 Å². The molecule has 0 unspecified atom stereocenters. The van der Waals surface area contributed by atoms with E-state index < -0.39 is 0 Å². The standard InChI is InChI=1S/C21H21F2N3O/c1-3-4-19-20(14(2)24-13-15-5-7-16(22)8-6-15)21(27)26(25-19)18-11-9-17(23)10-12-18/h5-12,25H,3-4,13H2,1-2H3. The normalized spacial score (nSPS) is 11.8. The van der Waals surface area contributed by atoms with Crippen LogP contribution in [0.3, 0.4) is 0 Å². The number of aryl methyl sites for hydroxylation is 1. The quantitative estimate of drug-likeness (QED) is 0.643. The molecular formula is C21H21F2N3O. The molecule has 6 heteroatoms. The van der Waals surface area contributed by atoms with Crippen LogP contribution in [0.15, 0.2) is 58.3 Å². The van der Waals surface area contributed by atoms with Gasteiger partial charge in [0.1, 0.15) is 11.6 Å². The fraction of sp³-hybridized carbons (Fsp3) is 0.238. The van der Waals surface area contributed by atoms with E-state index in [1.54, 1.807) is 31.2 Å². The number of aliphatic imine (C=N–C) groups is 1. The maximum atomic E-state index is 13.2. The minimum Gasteiger partial charge on any atom is -0.294 e. The van der Waals surface area contributed by atoms with Crippen molar-refractivity contribution in [2.45, 2.75) is 33.2 Å². The number of aromatic amines is 1. The van der Waals surface area contributed by atoms with Crippen LogP contribution in [0.4, 0.5) is 8.78 Å². The predicted octanol–water partition coefficient (Wildman–Crippen LogP) is 4.41. The Bertz CT molecular complexity index is 999. The van der Waals surface area contributed by atoms with E-state index in [4.69, 9.17) is 0 Å². The monoisotopic (exact) mass is 369 g/mol. The van der Waals surface area contributed by atoms with Crippen molar-refractivity contribution in [1.82, 2.24) is 9.78 Å². The summed E-state index contributed by atoms with van der Waals surface area (Å²) in [5.41, 5.74) is 3.16. The van der Waals surface area contributed by atoms with Gasteiger partial charge < -0.3 is 0 Å². The van der Waals surface area contributed by atoms with E-state index in [2.05, 4.69) is 10.1 Å². The highest BCUT2D eigenvalue weighted by Gasteiger charge is 2.17. The predicted molar refractivity (Wildman–Crippen MR) is 103 cm³/mol. The minimum absolute atomic E-state index is 0.217. The molecule has 0 amide bonds. The second kappa shape index (κ2) is 8.12. The molecule has 0 fully saturated rings. The van der Waals surface area contributed by atoms with Crippen LogP contribution in [-0.4, -0.2) is 15.5 Å². The Morgan fingerprint density at radius 1 is 1.04 bits per heavy atom. The molecule has 1 heterocycles. The van der Waals surface area contributed by atoms with E-state index in [9.17, 15) is 13.6 Å². The molecule has 0 atom stereocenters. The summed E-state index contributed by atoms with van der Waals surface area (Å²) in [5.74, 6) is -0.651. The van der Waals surface area contributed by atoms with Crippen LogP contribution in [0, 0.1) is 11.6 Å². The van der Waals surface area contributed by atoms with E-state index >= 15 is 0 Å². The van der Waals surface area contributed by atoms with E-state index in [1.807, 2.05) is 6.92 Å². The first-order chi connectivity index (χ1) is 13.0. The average molecular weight is 369 g/mol. The summed E-state index contributed by atoms with van der Waals surface area (Å²) in [6.45, 7) is 4.18. The molecule has 0 aliphatic carbocycles. The van der Waals surface area contributed by atoms with Gasteiger partial charge >= 0.3 is 0 Å². The third kappa shape index (κ3) is 4.22. The summed E-state index contributed by atoms with van der Waals surface area (Å²) >= 11 is 0. The molecule has 0 saturated heterocycles. The van der Waals surface area contributed by atoms with Gasteiger partial charge in [0.25, 0.3) is 5.56 Å². The number of benzene rings is 2. The summed E-state index contributed by atoms with van der Waals surface area (Å²) < 4.78 is 27.6. The first-order valence-electron chi connectivity index (χ1n) is 8.85. The Labute approximate surface area is 156 Å². The van der Waals surface area contributed by atoms with Crippen molar-refractivity contribution in [3.8, 4) is 5.69 Å². The second-order valence-electron chi connectivity index (χ2n) is 6.36. The highest BCUT2D eigenvalue weighted by Crippen LogP contribution is 2.13. The molecule has 2 aromatic carbocycles. The fourth-order valence-corrected chi connectivity index (χ4v) is 2.94. The van der Waals surface area contributed by atoms with Crippen LogP contribution in [-0.2, 0) is 13.0 Å². The van der Waals surface area contributed by atoms with E-state index in [-0.39, 0.29) is 17.2 Å². The topological polar surface area (TPSA) is 50.1 Å². The molecule has 0 spiro atoms. The molecule has 0 radical (unpaired) electrons. The highest BCUT2D eigenvalue weighted by atomic mass is 19.1. The van der Waals surface area contributed by atoms with Gasteiger partial charge in [-0.1, -0.05) is 25.5 Å². The number of halogens is 2. The van der Waals surface area contributed by atoms with Gasteiger partial charge in [0.2, 0.25) is 0 Å². The number of rotatable bonds is 6. The molecular weight excluding hydrogens is 348 g/mol. The number of hydrogen-bond acceptors (Lipinski definition) is 2.